The molecule has 0 aliphatic carbocycles. The van der Waals surface area contributed by atoms with Crippen LogP contribution in [-0.2, 0) is 6.42 Å². The molecule has 94 valence electrons. The van der Waals surface area contributed by atoms with Crippen LogP contribution < -0.4 is 4.74 Å². The molecule has 18 heavy (non-hydrogen) atoms. The summed E-state index contributed by atoms with van der Waals surface area (Å²) in [5.41, 5.74) is 3.89. The van der Waals surface area contributed by atoms with Crippen LogP contribution in [-0.4, -0.2) is 7.11 Å². The smallest absolute Gasteiger partial charge is 0.123 e. The first-order chi connectivity index (χ1) is 8.72. The van der Waals surface area contributed by atoms with Crippen LogP contribution in [0.15, 0.2) is 48.5 Å². The van der Waals surface area contributed by atoms with Crippen molar-refractivity contribution < 1.29 is 4.74 Å². The van der Waals surface area contributed by atoms with Gasteiger partial charge in [-0.2, -0.15) is 0 Å². The van der Waals surface area contributed by atoms with Gasteiger partial charge >= 0.3 is 0 Å². The van der Waals surface area contributed by atoms with E-state index < -0.39 is 0 Å². The van der Waals surface area contributed by atoms with Gasteiger partial charge < -0.3 is 4.74 Å². The van der Waals surface area contributed by atoms with Crippen LogP contribution in [0, 0.1) is 6.92 Å². The maximum Gasteiger partial charge on any atom is 0.123 e. The molecule has 0 N–H and O–H groups in total. The number of ether oxygens (including phenoxy) is 1. The highest BCUT2D eigenvalue weighted by atomic mass is 79.9. The maximum absolute atomic E-state index is 5.40. The monoisotopic (exact) mass is 304 g/mol. The molecule has 2 aromatic carbocycles. The Kier molecular flexibility index (Phi) is 4.43. The van der Waals surface area contributed by atoms with E-state index >= 15 is 0 Å². The second-order valence-corrected chi connectivity index (χ2v) is 5.45. The number of rotatable bonds is 4. The lowest BCUT2D eigenvalue weighted by Crippen LogP contribution is -2.00. The molecule has 0 radical (unpaired) electrons. The molecule has 1 unspecified atom stereocenters. The Hall–Kier alpha value is -1.28. The lowest BCUT2D eigenvalue weighted by atomic mass is 10.00. The average Bonchev–Trinajstić information content (AvgIpc) is 2.41. The largest absolute Gasteiger partial charge is 0.496 e. The fraction of sp³-hybridized carbons (Fsp3) is 0.250. The van der Waals surface area contributed by atoms with Gasteiger partial charge in [-0.05, 0) is 30.5 Å². The zero-order valence-electron chi connectivity index (χ0n) is 10.7. The summed E-state index contributed by atoms with van der Waals surface area (Å²) < 4.78 is 5.40. The van der Waals surface area contributed by atoms with Crippen molar-refractivity contribution in [2.45, 2.75) is 18.2 Å². The van der Waals surface area contributed by atoms with Crippen LogP contribution in [0.2, 0.25) is 0 Å². The number of hydrogen-bond donors (Lipinski definition) is 0. The molecular formula is C16H17BrO. The van der Waals surface area contributed by atoms with Gasteiger partial charge in [-0.15, -0.1) is 0 Å². The fourth-order valence-corrected chi connectivity index (χ4v) is 2.79. The molecular weight excluding hydrogens is 288 g/mol. The summed E-state index contributed by atoms with van der Waals surface area (Å²) in [6, 6.07) is 16.6. The third-order valence-electron chi connectivity index (χ3n) is 3.14. The number of alkyl halides is 1. The average molecular weight is 305 g/mol. The van der Waals surface area contributed by atoms with E-state index in [-0.39, 0.29) is 4.83 Å². The number of methoxy groups -OCH3 is 1. The molecule has 1 nitrogen and oxygen atoms in total. The van der Waals surface area contributed by atoms with Crippen LogP contribution in [0.3, 0.4) is 0 Å². The number of para-hydroxylation sites is 1. The second kappa shape index (κ2) is 6.05. The Balaban J connectivity index is 2.22. The van der Waals surface area contributed by atoms with Gasteiger partial charge in [-0.3, -0.25) is 0 Å². The van der Waals surface area contributed by atoms with Gasteiger partial charge in [0.15, 0.2) is 0 Å². The molecule has 2 heteroatoms. The first-order valence-corrected chi connectivity index (χ1v) is 6.95. The van der Waals surface area contributed by atoms with E-state index in [4.69, 9.17) is 4.74 Å². The summed E-state index contributed by atoms with van der Waals surface area (Å²) in [4.78, 5) is 0.273. The zero-order valence-corrected chi connectivity index (χ0v) is 12.3. The third-order valence-corrected chi connectivity index (χ3v) is 3.95. The van der Waals surface area contributed by atoms with Crippen LogP contribution in [0.5, 0.6) is 5.75 Å². The van der Waals surface area contributed by atoms with Crippen molar-refractivity contribution in [3.8, 4) is 5.75 Å². The highest BCUT2D eigenvalue weighted by Crippen LogP contribution is 2.34. The van der Waals surface area contributed by atoms with Gasteiger partial charge in [0, 0.05) is 10.4 Å². The molecule has 1 atom stereocenters. The molecule has 2 rings (SSSR count). The molecule has 0 spiro atoms. The molecule has 0 amide bonds. The van der Waals surface area contributed by atoms with E-state index in [1.54, 1.807) is 7.11 Å². The van der Waals surface area contributed by atoms with E-state index in [0.29, 0.717) is 0 Å². The summed E-state index contributed by atoms with van der Waals surface area (Å²) in [5, 5.41) is 0. The topological polar surface area (TPSA) is 9.23 Å². The molecule has 0 bridgehead atoms. The first-order valence-electron chi connectivity index (χ1n) is 6.04. The molecule has 0 aromatic heterocycles. The Labute approximate surface area is 117 Å². The van der Waals surface area contributed by atoms with Crippen molar-refractivity contribution in [1.29, 1.82) is 0 Å². The van der Waals surface area contributed by atoms with Crippen LogP contribution in [0.25, 0.3) is 0 Å². The number of halogens is 1. The Morgan fingerprint density at radius 1 is 1.06 bits per heavy atom. The Morgan fingerprint density at radius 2 is 1.72 bits per heavy atom. The van der Waals surface area contributed by atoms with Crippen molar-refractivity contribution in [3.63, 3.8) is 0 Å². The second-order valence-electron chi connectivity index (χ2n) is 4.34. The number of aryl methyl sites for hydroxylation is 1. The minimum absolute atomic E-state index is 0.273. The van der Waals surface area contributed by atoms with Gasteiger partial charge in [0.1, 0.15) is 5.75 Å². The first kappa shape index (κ1) is 13.2. The quantitative estimate of drug-likeness (QED) is 0.745. The number of benzene rings is 2. The van der Waals surface area contributed by atoms with E-state index in [0.717, 1.165) is 12.2 Å². The highest BCUT2D eigenvalue weighted by molar-refractivity contribution is 9.09. The van der Waals surface area contributed by atoms with Gasteiger partial charge in [-0.25, -0.2) is 0 Å². The van der Waals surface area contributed by atoms with E-state index in [9.17, 15) is 0 Å². The number of hydrogen-bond acceptors (Lipinski definition) is 1. The molecule has 0 aliphatic rings. The van der Waals surface area contributed by atoms with Gasteiger partial charge in [0.25, 0.3) is 0 Å². The summed E-state index contributed by atoms with van der Waals surface area (Å²) in [5.74, 6) is 0.938. The van der Waals surface area contributed by atoms with Crippen LogP contribution in [0.4, 0.5) is 0 Å². The van der Waals surface area contributed by atoms with Gasteiger partial charge in [0.2, 0.25) is 0 Å². The van der Waals surface area contributed by atoms with Gasteiger partial charge in [0.05, 0.1) is 7.11 Å². The van der Waals surface area contributed by atoms with Crippen molar-refractivity contribution in [3.05, 3.63) is 65.2 Å². The highest BCUT2D eigenvalue weighted by Gasteiger charge is 2.13. The maximum atomic E-state index is 5.40. The molecule has 0 heterocycles. The van der Waals surface area contributed by atoms with E-state index in [2.05, 4.69) is 53.2 Å². The standard InChI is InChI=1S/C16H17BrO/c1-12-7-3-4-8-13(12)11-15(17)14-9-5-6-10-16(14)18-2/h3-10,15H,11H2,1-2H3. The summed E-state index contributed by atoms with van der Waals surface area (Å²) in [6.45, 7) is 2.15. The molecule has 0 saturated heterocycles. The normalized spacial score (nSPS) is 12.2. The van der Waals surface area contributed by atoms with E-state index in [1.807, 2.05) is 18.2 Å². The van der Waals surface area contributed by atoms with Crippen LogP contribution >= 0.6 is 15.9 Å². The van der Waals surface area contributed by atoms with Gasteiger partial charge in [-0.1, -0.05) is 58.4 Å². The van der Waals surface area contributed by atoms with Crippen molar-refractivity contribution in [2.24, 2.45) is 0 Å². The predicted molar refractivity (Wildman–Crippen MR) is 79.5 cm³/mol. The fourth-order valence-electron chi connectivity index (χ4n) is 2.07. The third kappa shape index (κ3) is 2.94. The lowest BCUT2D eigenvalue weighted by molar-refractivity contribution is 0.409. The summed E-state index contributed by atoms with van der Waals surface area (Å²) >= 11 is 3.77. The van der Waals surface area contributed by atoms with Crippen molar-refractivity contribution in [1.82, 2.24) is 0 Å². The van der Waals surface area contributed by atoms with Crippen molar-refractivity contribution in [2.75, 3.05) is 7.11 Å². The zero-order chi connectivity index (χ0) is 13.0. The molecule has 0 aliphatic heterocycles. The van der Waals surface area contributed by atoms with Crippen LogP contribution in [0.1, 0.15) is 21.5 Å². The summed E-state index contributed by atoms with van der Waals surface area (Å²) in [6.07, 6.45) is 0.965. The Bertz CT molecular complexity index is 522. The minimum atomic E-state index is 0.273. The molecule has 2 aromatic rings. The Morgan fingerprint density at radius 3 is 2.44 bits per heavy atom. The predicted octanol–water partition coefficient (Wildman–Crippen LogP) is 4.68. The minimum Gasteiger partial charge on any atom is -0.496 e. The molecule has 0 fully saturated rings. The SMILES string of the molecule is COc1ccccc1C(Br)Cc1ccccc1C. The molecule has 0 saturated carbocycles. The summed E-state index contributed by atoms with van der Waals surface area (Å²) in [7, 11) is 1.71. The van der Waals surface area contributed by atoms with E-state index in [1.165, 1.54) is 16.7 Å². The lowest BCUT2D eigenvalue weighted by Gasteiger charge is -2.15. The van der Waals surface area contributed by atoms with Crippen molar-refractivity contribution >= 4 is 15.9 Å².